The lowest BCUT2D eigenvalue weighted by molar-refractivity contribution is -0.131. The number of likely N-dealkylation sites (tertiary alicyclic amines) is 1. The molecule has 8 heteroatoms. The van der Waals surface area contributed by atoms with Crippen molar-refractivity contribution in [2.24, 2.45) is 11.7 Å². The largest absolute Gasteiger partial charge is 0.355 e. The molecule has 2 heterocycles. The Kier molecular flexibility index (Phi) is 8.82. The molecule has 142 valence electrons. The second kappa shape index (κ2) is 10.1. The van der Waals surface area contributed by atoms with Gasteiger partial charge in [0.2, 0.25) is 11.8 Å². The quantitative estimate of drug-likeness (QED) is 0.806. The van der Waals surface area contributed by atoms with Crippen LogP contribution in [0.3, 0.4) is 0 Å². The molecule has 6 nitrogen and oxygen atoms in total. The van der Waals surface area contributed by atoms with Gasteiger partial charge in [0.15, 0.2) is 0 Å². The predicted octanol–water partition coefficient (Wildman–Crippen LogP) is 1.93. The highest BCUT2D eigenvalue weighted by Crippen LogP contribution is 2.19. The van der Waals surface area contributed by atoms with Crippen LogP contribution < -0.4 is 11.1 Å². The Hall–Kier alpha value is -1.18. The van der Waals surface area contributed by atoms with E-state index in [4.69, 9.17) is 5.73 Å². The van der Waals surface area contributed by atoms with Gasteiger partial charge in [-0.15, -0.1) is 23.7 Å². The molecule has 0 aromatic carbocycles. The Bertz CT molecular complexity index is 579. The molecule has 0 aliphatic carbocycles. The highest BCUT2D eigenvalue weighted by molar-refractivity contribution is 7.09. The molecule has 2 amide bonds. The third-order valence-corrected chi connectivity index (χ3v) is 5.54. The minimum atomic E-state index is -0.177. The zero-order chi connectivity index (χ0) is 17.7. The molecule has 3 N–H and O–H groups in total. The lowest BCUT2D eigenvalue weighted by atomic mass is 10.0. The zero-order valence-electron chi connectivity index (χ0n) is 15.2. The van der Waals surface area contributed by atoms with Gasteiger partial charge in [0.1, 0.15) is 0 Å². The number of hydrogen-bond acceptors (Lipinski definition) is 5. The summed E-state index contributed by atoms with van der Waals surface area (Å²) in [5, 5.41) is 6.18. The fourth-order valence-corrected chi connectivity index (χ4v) is 3.72. The summed E-state index contributed by atoms with van der Waals surface area (Å²) in [6.07, 6.45) is 2.23. The van der Waals surface area contributed by atoms with E-state index in [-0.39, 0.29) is 36.2 Å². The second-order valence-electron chi connectivity index (χ2n) is 6.83. The van der Waals surface area contributed by atoms with Crippen LogP contribution in [0, 0.1) is 5.92 Å². The fourth-order valence-electron chi connectivity index (χ4n) is 2.85. The maximum Gasteiger partial charge on any atom is 0.224 e. The summed E-state index contributed by atoms with van der Waals surface area (Å²) in [5.74, 6) is 0.249. The van der Waals surface area contributed by atoms with Crippen LogP contribution in [-0.2, 0) is 16.0 Å². The van der Waals surface area contributed by atoms with Gasteiger partial charge in [0.25, 0.3) is 0 Å². The van der Waals surface area contributed by atoms with Crippen molar-refractivity contribution in [2.45, 2.75) is 52.0 Å². The van der Waals surface area contributed by atoms with E-state index in [1.165, 1.54) is 6.92 Å². The maximum absolute atomic E-state index is 12.4. The normalized spacial score (nSPS) is 20.8. The van der Waals surface area contributed by atoms with E-state index in [1.807, 2.05) is 0 Å². The second-order valence-corrected chi connectivity index (χ2v) is 7.72. The lowest BCUT2D eigenvalue weighted by Gasteiger charge is -2.23. The number of amides is 2. The number of nitrogens with zero attached hydrogens (tertiary/aromatic N) is 2. The molecule has 0 bridgehead atoms. The standard InChI is InChI=1S/C17H28N4O2S.ClH/c1-11(2)17-20-15(10-24-17)6-7-19-16(23)13-4-5-14(18)9-21(8-13)12(3)22;/h10-11,13-14H,4-9,18H2,1-3H3,(H,19,23);1H/t13-,14+;/m1./s1. The van der Waals surface area contributed by atoms with Gasteiger partial charge >= 0.3 is 0 Å². The molecule has 1 saturated heterocycles. The summed E-state index contributed by atoms with van der Waals surface area (Å²) in [6.45, 7) is 7.35. The summed E-state index contributed by atoms with van der Waals surface area (Å²) in [6, 6.07) is -0.0452. The average Bonchev–Trinajstić information content (AvgIpc) is 2.89. The molecule has 0 saturated carbocycles. The molecule has 1 aromatic heterocycles. The van der Waals surface area contributed by atoms with Crippen LogP contribution in [0.1, 0.15) is 50.2 Å². The number of nitrogens with one attached hydrogen (secondary N) is 1. The molecule has 1 aliphatic rings. The number of carbonyl (C=O) groups is 2. The molecule has 1 aromatic rings. The van der Waals surface area contributed by atoms with Gasteiger partial charge in [-0.05, 0) is 12.8 Å². The fraction of sp³-hybridized carbons (Fsp3) is 0.706. The molecule has 0 radical (unpaired) electrons. The van der Waals surface area contributed by atoms with Crippen LogP contribution in [0.25, 0.3) is 0 Å². The third-order valence-electron chi connectivity index (χ3n) is 4.34. The van der Waals surface area contributed by atoms with Crippen molar-refractivity contribution in [3.05, 3.63) is 16.1 Å². The van der Waals surface area contributed by atoms with Gasteiger partial charge in [-0.3, -0.25) is 9.59 Å². The number of carbonyl (C=O) groups excluding carboxylic acids is 2. The average molecular weight is 389 g/mol. The van der Waals surface area contributed by atoms with Crippen LogP contribution >= 0.6 is 23.7 Å². The van der Waals surface area contributed by atoms with Gasteiger partial charge in [0, 0.05) is 50.3 Å². The first-order chi connectivity index (χ1) is 11.4. The first kappa shape index (κ1) is 21.9. The number of aromatic nitrogens is 1. The molecule has 0 spiro atoms. The smallest absolute Gasteiger partial charge is 0.224 e. The monoisotopic (exact) mass is 388 g/mol. The van der Waals surface area contributed by atoms with E-state index in [9.17, 15) is 9.59 Å². The summed E-state index contributed by atoms with van der Waals surface area (Å²) >= 11 is 1.67. The molecular weight excluding hydrogens is 360 g/mol. The van der Waals surface area contributed by atoms with Crippen molar-refractivity contribution in [1.82, 2.24) is 15.2 Å². The summed E-state index contributed by atoms with van der Waals surface area (Å²) in [7, 11) is 0. The van der Waals surface area contributed by atoms with Crippen LogP contribution in [0.15, 0.2) is 5.38 Å². The Morgan fingerprint density at radius 3 is 2.72 bits per heavy atom. The van der Waals surface area contributed by atoms with E-state index in [0.29, 0.717) is 25.6 Å². The highest BCUT2D eigenvalue weighted by atomic mass is 35.5. The zero-order valence-corrected chi connectivity index (χ0v) is 16.8. The first-order valence-electron chi connectivity index (χ1n) is 8.60. The van der Waals surface area contributed by atoms with Gasteiger partial charge in [-0.1, -0.05) is 13.8 Å². The highest BCUT2D eigenvalue weighted by Gasteiger charge is 2.28. The molecule has 2 atom stereocenters. The van der Waals surface area contributed by atoms with Crippen molar-refractivity contribution >= 4 is 35.6 Å². The van der Waals surface area contributed by atoms with E-state index >= 15 is 0 Å². The minimum absolute atomic E-state index is 0. The van der Waals surface area contributed by atoms with Gasteiger partial charge in [0.05, 0.1) is 16.6 Å². The van der Waals surface area contributed by atoms with Crippen LogP contribution in [0.5, 0.6) is 0 Å². The van der Waals surface area contributed by atoms with E-state index in [1.54, 1.807) is 16.2 Å². The molecule has 0 unspecified atom stereocenters. The van der Waals surface area contributed by atoms with Crippen molar-refractivity contribution < 1.29 is 9.59 Å². The van der Waals surface area contributed by atoms with Crippen molar-refractivity contribution in [1.29, 1.82) is 0 Å². The topological polar surface area (TPSA) is 88.3 Å². The number of hydrogen-bond donors (Lipinski definition) is 2. The van der Waals surface area contributed by atoms with Gasteiger partial charge < -0.3 is 16.0 Å². The molecule has 1 fully saturated rings. The van der Waals surface area contributed by atoms with Gasteiger partial charge in [-0.25, -0.2) is 4.98 Å². The van der Waals surface area contributed by atoms with Gasteiger partial charge in [-0.2, -0.15) is 0 Å². The lowest BCUT2D eigenvalue weighted by Crippen LogP contribution is -2.42. The third kappa shape index (κ3) is 6.56. The van der Waals surface area contributed by atoms with Crippen molar-refractivity contribution in [3.8, 4) is 0 Å². The number of halogens is 1. The number of rotatable bonds is 5. The van der Waals surface area contributed by atoms with E-state index < -0.39 is 0 Å². The summed E-state index contributed by atoms with van der Waals surface area (Å²) in [5.41, 5.74) is 7.02. The summed E-state index contributed by atoms with van der Waals surface area (Å²) in [4.78, 5) is 30.3. The maximum atomic E-state index is 12.4. The van der Waals surface area contributed by atoms with Crippen molar-refractivity contribution in [3.63, 3.8) is 0 Å². The Morgan fingerprint density at radius 2 is 2.12 bits per heavy atom. The van der Waals surface area contributed by atoms with E-state index in [0.717, 1.165) is 30.0 Å². The van der Waals surface area contributed by atoms with Crippen molar-refractivity contribution in [2.75, 3.05) is 19.6 Å². The molecule has 1 aliphatic heterocycles. The number of thiazole rings is 1. The molecule has 25 heavy (non-hydrogen) atoms. The summed E-state index contributed by atoms with van der Waals surface area (Å²) < 4.78 is 0. The Morgan fingerprint density at radius 1 is 1.40 bits per heavy atom. The van der Waals surface area contributed by atoms with Crippen LogP contribution in [0.4, 0.5) is 0 Å². The van der Waals surface area contributed by atoms with Crippen LogP contribution in [-0.4, -0.2) is 47.4 Å². The predicted molar refractivity (Wildman–Crippen MR) is 103 cm³/mol. The molecule has 2 rings (SSSR count). The Balaban J connectivity index is 0.00000312. The van der Waals surface area contributed by atoms with E-state index in [2.05, 4.69) is 29.5 Å². The molecular formula is C17H29ClN4O2S. The number of nitrogens with two attached hydrogens (primary N) is 1. The minimum Gasteiger partial charge on any atom is -0.355 e. The first-order valence-corrected chi connectivity index (χ1v) is 9.48. The SMILES string of the molecule is CC(=O)N1C[C@@H](N)CC[C@@H](C(=O)NCCc2csc(C(C)C)n2)C1.Cl. The Labute approximate surface area is 160 Å². The van der Waals surface area contributed by atoms with Crippen LogP contribution in [0.2, 0.25) is 0 Å².